The Kier molecular flexibility index (Phi) is 2.41. The lowest BCUT2D eigenvalue weighted by Gasteiger charge is -2.35. The van der Waals surface area contributed by atoms with Crippen molar-refractivity contribution in [1.82, 2.24) is 20.5 Å². The Morgan fingerprint density at radius 2 is 1.93 bits per heavy atom. The second-order valence-electron chi connectivity index (χ2n) is 4.09. The first-order chi connectivity index (χ1) is 6.65. The van der Waals surface area contributed by atoms with Crippen molar-refractivity contribution in [3.63, 3.8) is 0 Å². The molecule has 1 fully saturated rings. The van der Waals surface area contributed by atoms with Gasteiger partial charge in [0.2, 0.25) is 5.95 Å². The second-order valence-corrected chi connectivity index (χ2v) is 4.09. The molecule has 0 aliphatic carbocycles. The summed E-state index contributed by atoms with van der Waals surface area (Å²) in [5.41, 5.74) is 0. The van der Waals surface area contributed by atoms with Gasteiger partial charge in [0.05, 0.1) is 0 Å². The molecule has 1 saturated heterocycles. The molecule has 0 amide bonds. The molecule has 1 aliphatic rings. The molecule has 0 radical (unpaired) electrons. The van der Waals surface area contributed by atoms with Crippen molar-refractivity contribution in [3.8, 4) is 0 Å². The van der Waals surface area contributed by atoms with E-state index < -0.39 is 0 Å². The first kappa shape index (κ1) is 9.45. The Hall–Kier alpha value is -1.10. The van der Waals surface area contributed by atoms with Crippen LogP contribution < -0.4 is 10.2 Å². The number of aromatic nitrogens is 3. The minimum Gasteiger partial charge on any atom is -0.336 e. The number of H-pyrrole nitrogens is 1. The van der Waals surface area contributed by atoms with E-state index in [4.69, 9.17) is 0 Å². The van der Waals surface area contributed by atoms with E-state index in [-0.39, 0.29) is 0 Å². The zero-order chi connectivity index (χ0) is 10.1. The molecule has 14 heavy (non-hydrogen) atoms. The largest absolute Gasteiger partial charge is 0.336 e. The van der Waals surface area contributed by atoms with Crippen molar-refractivity contribution < 1.29 is 0 Å². The molecule has 2 heterocycles. The van der Waals surface area contributed by atoms with E-state index in [9.17, 15) is 0 Å². The Bertz CT molecular complexity index is 298. The summed E-state index contributed by atoms with van der Waals surface area (Å²) in [5.74, 6) is 1.70. The lowest BCUT2D eigenvalue weighted by molar-refractivity contribution is 0.403. The van der Waals surface area contributed by atoms with Crippen molar-refractivity contribution in [2.24, 2.45) is 0 Å². The van der Waals surface area contributed by atoms with Gasteiger partial charge in [0.15, 0.2) is 0 Å². The van der Waals surface area contributed by atoms with Crippen molar-refractivity contribution in [3.05, 3.63) is 5.82 Å². The molecular formula is C9H17N5. The summed E-state index contributed by atoms with van der Waals surface area (Å²) in [6.45, 7) is 8.24. The van der Waals surface area contributed by atoms with Crippen LogP contribution in [0.1, 0.15) is 19.7 Å². The Balaban J connectivity index is 2.10. The number of hydrogen-bond donors (Lipinski definition) is 2. The van der Waals surface area contributed by atoms with Crippen molar-refractivity contribution >= 4 is 5.95 Å². The summed E-state index contributed by atoms with van der Waals surface area (Å²) in [7, 11) is 0. The molecule has 5 nitrogen and oxygen atoms in total. The molecule has 0 saturated carbocycles. The minimum absolute atomic E-state index is 0.498. The summed E-state index contributed by atoms with van der Waals surface area (Å²) in [5, 5.41) is 10.5. The third kappa shape index (κ3) is 1.87. The van der Waals surface area contributed by atoms with Crippen LogP contribution in [-0.2, 0) is 0 Å². The first-order valence-electron chi connectivity index (χ1n) is 5.05. The molecule has 0 spiro atoms. The van der Waals surface area contributed by atoms with Crippen LogP contribution in [0.5, 0.6) is 0 Å². The molecule has 0 bridgehead atoms. The summed E-state index contributed by atoms with van der Waals surface area (Å²) in [6, 6.07) is 0.995. The van der Waals surface area contributed by atoms with Gasteiger partial charge in [-0.1, -0.05) is 0 Å². The number of nitrogens with one attached hydrogen (secondary N) is 2. The number of anilines is 1. The quantitative estimate of drug-likeness (QED) is 0.676. The summed E-state index contributed by atoms with van der Waals surface area (Å²) >= 11 is 0. The normalized spacial score (nSPS) is 28.1. The van der Waals surface area contributed by atoms with E-state index in [2.05, 4.69) is 39.2 Å². The molecule has 1 aliphatic heterocycles. The molecule has 1 aromatic rings. The highest BCUT2D eigenvalue weighted by Gasteiger charge is 2.23. The van der Waals surface area contributed by atoms with E-state index in [1.54, 1.807) is 0 Å². The minimum atomic E-state index is 0.498. The fraction of sp³-hybridized carbons (Fsp3) is 0.778. The number of nitrogens with zero attached hydrogens (tertiary/aromatic N) is 3. The van der Waals surface area contributed by atoms with Gasteiger partial charge in [0, 0.05) is 25.2 Å². The summed E-state index contributed by atoms with van der Waals surface area (Å²) in [4.78, 5) is 6.55. The lowest BCUT2D eigenvalue weighted by Crippen LogP contribution is -2.54. The number of hydrogen-bond acceptors (Lipinski definition) is 4. The monoisotopic (exact) mass is 195 g/mol. The highest BCUT2D eigenvalue weighted by Crippen LogP contribution is 2.11. The standard InChI is InChI=1S/C9H17N5/c1-6-4-14(5-7(2)10-6)9-11-8(3)12-13-9/h6-7,10H,4-5H2,1-3H3,(H,11,12,13). The van der Waals surface area contributed by atoms with Crippen LogP contribution in [0.3, 0.4) is 0 Å². The molecule has 0 aromatic carbocycles. The van der Waals surface area contributed by atoms with E-state index in [0.717, 1.165) is 24.9 Å². The van der Waals surface area contributed by atoms with E-state index in [0.29, 0.717) is 12.1 Å². The van der Waals surface area contributed by atoms with Crippen LogP contribution in [0, 0.1) is 6.92 Å². The molecule has 5 heteroatoms. The highest BCUT2D eigenvalue weighted by molar-refractivity contribution is 5.30. The molecule has 2 N–H and O–H groups in total. The first-order valence-corrected chi connectivity index (χ1v) is 5.05. The van der Waals surface area contributed by atoms with E-state index >= 15 is 0 Å². The lowest BCUT2D eigenvalue weighted by atomic mass is 10.1. The number of aryl methyl sites for hydroxylation is 1. The van der Waals surface area contributed by atoms with Gasteiger partial charge in [-0.15, -0.1) is 5.10 Å². The van der Waals surface area contributed by atoms with Gasteiger partial charge in [-0.25, -0.2) is 0 Å². The van der Waals surface area contributed by atoms with Gasteiger partial charge >= 0.3 is 0 Å². The fourth-order valence-corrected chi connectivity index (χ4v) is 1.96. The predicted octanol–water partition coefficient (Wildman–Crippen LogP) is 0.300. The SMILES string of the molecule is Cc1nc(N2CC(C)NC(C)C2)n[nH]1. The smallest absolute Gasteiger partial charge is 0.244 e. The van der Waals surface area contributed by atoms with Crippen LogP contribution >= 0.6 is 0 Å². The summed E-state index contributed by atoms with van der Waals surface area (Å²) < 4.78 is 0. The number of piperazine rings is 1. The van der Waals surface area contributed by atoms with Crippen molar-refractivity contribution in [2.75, 3.05) is 18.0 Å². The molecule has 2 rings (SSSR count). The van der Waals surface area contributed by atoms with Crippen LogP contribution in [0.4, 0.5) is 5.95 Å². The third-order valence-corrected chi connectivity index (χ3v) is 2.43. The van der Waals surface area contributed by atoms with Gasteiger partial charge < -0.3 is 10.2 Å². The highest BCUT2D eigenvalue weighted by atomic mass is 15.4. The van der Waals surface area contributed by atoms with Gasteiger partial charge in [0.1, 0.15) is 5.82 Å². The molecule has 2 unspecified atom stereocenters. The topological polar surface area (TPSA) is 56.8 Å². The van der Waals surface area contributed by atoms with Crippen LogP contribution in [-0.4, -0.2) is 40.4 Å². The summed E-state index contributed by atoms with van der Waals surface area (Å²) in [6.07, 6.45) is 0. The maximum Gasteiger partial charge on any atom is 0.244 e. The Labute approximate surface area is 83.9 Å². The van der Waals surface area contributed by atoms with Gasteiger partial charge in [-0.05, 0) is 20.8 Å². The van der Waals surface area contributed by atoms with Gasteiger partial charge in [-0.2, -0.15) is 4.98 Å². The van der Waals surface area contributed by atoms with Crippen molar-refractivity contribution in [1.29, 1.82) is 0 Å². The average molecular weight is 195 g/mol. The predicted molar refractivity (Wildman–Crippen MR) is 55.4 cm³/mol. The number of aromatic amines is 1. The Morgan fingerprint density at radius 3 is 2.43 bits per heavy atom. The fourth-order valence-electron chi connectivity index (χ4n) is 1.96. The zero-order valence-corrected chi connectivity index (χ0v) is 8.91. The maximum absolute atomic E-state index is 4.33. The second kappa shape index (κ2) is 3.57. The maximum atomic E-state index is 4.33. The molecule has 2 atom stereocenters. The molecular weight excluding hydrogens is 178 g/mol. The average Bonchev–Trinajstić information content (AvgIpc) is 2.50. The van der Waals surface area contributed by atoms with Crippen molar-refractivity contribution in [2.45, 2.75) is 32.9 Å². The van der Waals surface area contributed by atoms with Crippen LogP contribution in [0.15, 0.2) is 0 Å². The van der Waals surface area contributed by atoms with E-state index in [1.807, 2.05) is 6.92 Å². The van der Waals surface area contributed by atoms with Gasteiger partial charge in [-0.3, -0.25) is 5.10 Å². The zero-order valence-electron chi connectivity index (χ0n) is 8.91. The van der Waals surface area contributed by atoms with Crippen LogP contribution in [0.25, 0.3) is 0 Å². The molecule has 1 aromatic heterocycles. The van der Waals surface area contributed by atoms with E-state index in [1.165, 1.54) is 0 Å². The number of rotatable bonds is 1. The Morgan fingerprint density at radius 1 is 1.29 bits per heavy atom. The third-order valence-electron chi connectivity index (χ3n) is 2.43. The van der Waals surface area contributed by atoms with Gasteiger partial charge in [0.25, 0.3) is 0 Å². The van der Waals surface area contributed by atoms with Crippen LogP contribution in [0.2, 0.25) is 0 Å². The molecule has 78 valence electrons.